The third-order valence-corrected chi connectivity index (χ3v) is 5.29. The second-order valence-electron chi connectivity index (χ2n) is 7.29. The first-order valence-electron chi connectivity index (χ1n) is 9.29. The molecule has 0 aliphatic heterocycles. The van der Waals surface area contributed by atoms with E-state index in [0.717, 1.165) is 17.4 Å². The summed E-state index contributed by atoms with van der Waals surface area (Å²) in [5, 5.41) is 3.95. The van der Waals surface area contributed by atoms with E-state index >= 15 is 0 Å². The van der Waals surface area contributed by atoms with Gasteiger partial charge in [0.2, 0.25) is 11.0 Å². The zero-order valence-electron chi connectivity index (χ0n) is 16.4. The number of amides is 1. The van der Waals surface area contributed by atoms with Crippen LogP contribution in [0.1, 0.15) is 52.4 Å². The Morgan fingerprint density at radius 3 is 2.46 bits per heavy atom. The van der Waals surface area contributed by atoms with Gasteiger partial charge in [0.25, 0.3) is 0 Å². The monoisotopic (exact) mass is 374 g/mol. The van der Waals surface area contributed by atoms with Crippen molar-refractivity contribution in [3.63, 3.8) is 0 Å². The van der Waals surface area contributed by atoms with Crippen LogP contribution in [0.3, 0.4) is 0 Å². The molecule has 1 heterocycles. The van der Waals surface area contributed by atoms with Crippen LogP contribution < -0.4 is 10.2 Å². The van der Waals surface area contributed by atoms with Gasteiger partial charge < -0.3 is 10.2 Å². The molecule has 0 spiro atoms. The van der Waals surface area contributed by atoms with Crippen molar-refractivity contribution >= 4 is 22.6 Å². The number of hydrogen-bond acceptors (Lipinski definition) is 5. The first-order chi connectivity index (χ1) is 12.4. The molecule has 5 nitrogen and oxygen atoms in total. The SMILES string of the molecule is CC(C)[C@@H](C)NC(=O)CCN(c1nc(Cc2ccccc2)ns1)C(C)C. The minimum Gasteiger partial charge on any atom is -0.353 e. The number of carbonyl (C=O) groups excluding carboxylic acids is 1. The standard InChI is InChI=1S/C20H30N4OS/c1-14(2)16(5)21-19(25)11-12-24(15(3)4)20-22-18(23-26-20)13-17-9-7-6-8-10-17/h6-10,14-16H,11-13H2,1-5H3,(H,21,25)/t16-/m1/s1. The third-order valence-electron chi connectivity index (χ3n) is 4.50. The molecular weight excluding hydrogens is 344 g/mol. The van der Waals surface area contributed by atoms with Gasteiger partial charge in [-0.15, -0.1) is 0 Å². The number of nitrogens with zero attached hydrogens (tertiary/aromatic N) is 3. The Morgan fingerprint density at radius 2 is 1.85 bits per heavy atom. The zero-order valence-corrected chi connectivity index (χ0v) is 17.2. The average Bonchev–Trinajstić information content (AvgIpc) is 3.03. The summed E-state index contributed by atoms with van der Waals surface area (Å²) in [7, 11) is 0. The van der Waals surface area contributed by atoms with Crippen LogP contribution in [-0.4, -0.2) is 33.9 Å². The molecule has 142 valence electrons. The van der Waals surface area contributed by atoms with Crippen LogP contribution in [0.2, 0.25) is 0 Å². The molecule has 1 aromatic carbocycles. The maximum Gasteiger partial charge on any atom is 0.221 e. The smallest absolute Gasteiger partial charge is 0.221 e. The van der Waals surface area contributed by atoms with Gasteiger partial charge in [0, 0.05) is 43.0 Å². The molecule has 0 radical (unpaired) electrons. The van der Waals surface area contributed by atoms with Crippen molar-refractivity contribution in [3.8, 4) is 0 Å². The lowest BCUT2D eigenvalue weighted by atomic mass is 10.1. The summed E-state index contributed by atoms with van der Waals surface area (Å²) < 4.78 is 4.50. The van der Waals surface area contributed by atoms with E-state index in [1.54, 1.807) is 0 Å². The Bertz CT molecular complexity index is 684. The van der Waals surface area contributed by atoms with Crippen molar-refractivity contribution in [1.82, 2.24) is 14.7 Å². The van der Waals surface area contributed by atoms with Crippen LogP contribution in [-0.2, 0) is 11.2 Å². The summed E-state index contributed by atoms with van der Waals surface area (Å²) in [4.78, 5) is 19.0. The van der Waals surface area contributed by atoms with E-state index < -0.39 is 0 Å². The van der Waals surface area contributed by atoms with Crippen molar-refractivity contribution in [1.29, 1.82) is 0 Å². The quantitative estimate of drug-likeness (QED) is 0.723. The van der Waals surface area contributed by atoms with Crippen LogP contribution in [0, 0.1) is 5.92 Å². The van der Waals surface area contributed by atoms with Crippen LogP contribution in [0.15, 0.2) is 30.3 Å². The highest BCUT2D eigenvalue weighted by Crippen LogP contribution is 2.21. The van der Waals surface area contributed by atoms with Gasteiger partial charge in [-0.05, 0) is 32.3 Å². The van der Waals surface area contributed by atoms with E-state index in [0.29, 0.717) is 18.9 Å². The van der Waals surface area contributed by atoms with E-state index in [-0.39, 0.29) is 18.0 Å². The van der Waals surface area contributed by atoms with Crippen molar-refractivity contribution in [2.75, 3.05) is 11.4 Å². The first-order valence-corrected chi connectivity index (χ1v) is 10.1. The Hall–Kier alpha value is -1.95. The Balaban J connectivity index is 1.96. The van der Waals surface area contributed by atoms with Gasteiger partial charge in [-0.2, -0.15) is 4.37 Å². The van der Waals surface area contributed by atoms with E-state index in [2.05, 4.69) is 54.4 Å². The van der Waals surface area contributed by atoms with Crippen molar-refractivity contribution < 1.29 is 4.79 Å². The van der Waals surface area contributed by atoms with Crippen LogP contribution >= 0.6 is 11.5 Å². The summed E-state index contributed by atoms with van der Waals surface area (Å²) in [6.45, 7) is 11.2. The molecular formula is C20H30N4OS. The van der Waals surface area contributed by atoms with Gasteiger partial charge in [-0.25, -0.2) is 4.98 Å². The lowest BCUT2D eigenvalue weighted by Crippen LogP contribution is -2.39. The molecule has 0 fully saturated rings. The summed E-state index contributed by atoms with van der Waals surface area (Å²) in [5.74, 6) is 1.36. The second kappa shape index (κ2) is 9.67. The number of hydrogen-bond donors (Lipinski definition) is 1. The summed E-state index contributed by atoms with van der Waals surface area (Å²) in [6, 6.07) is 10.7. The molecule has 0 aliphatic rings. The highest BCUT2D eigenvalue weighted by Gasteiger charge is 2.18. The van der Waals surface area contributed by atoms with Gasteiger partial charge in [0.05, 0.1) is 0 Å². The van der Waals surface area contributed by atoms with E-state index in [1.165, 1.54) is 17.1 Å². The van der Waals surface area contributed by atoms with E-state index in [9.17, 15) is 4.79 Å². The van der Waals surface area contributed by atoms with E-state index in [1.807, 2.05) is 25.1 Å². The molecule has 6 heteroatoms. The summed E-state index contributed by atoms with van der Waals surface area (Å²) >= 11 is 1.41. The second-order valence-corrected chi connectivity index (χ2v) is 8.02. The number of anilines is 1. The molecule has 2 aromatic rings. The van der Waals surface area contributed by atoms with Gasteiger partial charge in [-0.3, -0.25) is 4.79 Å². The maximum atomic E-state index is 12.2. The maximum absolute atomic E-state index is 12.2. The van der Waals surface area contributed by atoms with Crippen LogP contribution in [0.4, 0.5) is 5.13 Å². The average molecular weight is 375 g/mol. The fourth-order valence-corrected chi connectivity index (χ4v) is 3.35. The predicted octanol–water partition coefficient (Wildman–Crippen LogP) is 3.89. The normalized spacial score (nSPS) is 12.4. The topological polar surface area (TPSA) is 58.1 Å². The van der Waals surface area contributed by atoms with Gasteiger partial charge in [0.1, 0.15) is 5.82 Å². The largest absolute Gasteiger partial charge is 0.353 e. The summed E-state index contributed by atoms with van der Waals surface area (Å²) in [5.41, 5.74) is 1.20. The fourth-order valence-electron chi connectivity index (χ4n) is 2.50. The highest BCUT2D eigenvalue weighted by atomic mass is 32.1. The van der Waals surface area contributed by atoms with Crippen molar-refractivity contribution in [2.24, 2.45) is 5.92 Å². The molecule has 2 rings (SSSR count). The molecule has 0 bridgehead atoms. The number of nitrogens with one attached hydrogen (secondary N) is 1. The zero-order chi connectivity index (χ0) is 19.1. The van der Waals surface area contributed by atoms with E-state index in [4.69, 9.17) is 4.98 Å². The molecule has 0 aliphatic carbocycles. The van der Waals surface area contributed by atoms with Crippen LogP contribution in [0.25, 0.3) is 0 Å². The molecule has 26 heavy (non-hydrogen) atoms. The predicted molar refractivity (Wildman–Crippen MR) is 109 cm³/mol. The van der Waals surface area contributed by atoms with Gasteiger partial charge in [0.15, 0.2) is 0 Å². The van der Waals surface area contributed by atoms with Crippen molar-refractivity contribution in [3.05, 3.63) is 41.7 Å². The fraction of sp³-hybridized carbons (Fsp3) is 0.550. The van der Waals surface area contributed by atoms with Crippen molar-refractivity contribution in [2.45, 2.75) is 59.5 Å². The molecule has 0 saturated carbocycles. The number of carbonyl (C=O) groups is 1. The Kier molecular flexibility index (Phi) is 7.57. The molecule has 0 unspecified atom stereocenters. The minimum absolute atomic E-state index is 0.0888. The van der Waals surface area contributed by atoms with Crippen LogP contribution in [0.5, 0.6) is 0 Å². The number of rotatable bonds is 9. The lowest BCUT2D eigenvalue weighted by Gasteiger charge is -2.26. The molecule has 1 aromatic heterocycles. The minimum atomic E-state index is 0.0888. The molecule has 0 saturated heterocycles. The van der Waals surface area contributed by atoms with Gasteiger partial charge >= 0.3 is 0 Å². The third kappa shape index (κ3) is 6.09. The molecule has 1 atom stereocenters. The lowest BCUT2D eigenvalue weighted by molar-refractivity contribution is -0.121. The molecule has 1 N–H and O–H groups in total. The number of aromatic nitrogens is 2. The van der Waals surface area contributed by atoms with Gasteiger partial charge in [-0.1, -0.05) is 44.2 Å². The summed E-state index contributed by atoms with van der Waals surface area (Å²) in [6.07, 6.45) is 1.19. The Morgan fingerprint density at radius 1 is 1.15 bits per heavy atom. The first kappa shape index (κ1) is 20.4. The number of benzene rings is 1. The molecule has 1 amide bonds. The highest BCUT2D eigenvalue weighted by molar-refractivity contribution is 7.09. The Labute approximate surface area is 161 Å².